The van der Waals surface area contributed by atoms with Crippen LogP contribution in [0, 0.1) is 5.82 Å². The van der Waals surface area contributed by atoms with Crippen molar-refractivity contribution in [1.29, 1.82) is 0 Å². The summed E-state index contributed by atoms with van der Waals surface area (Å²) in [4.78, 5) is 32.5. The Labute approximate surface area is 200 Å². The van der Waals surface area contributed by atoms with E-state index in [-0.39, 0.29) is 31.1 Å². The third-order valence-corrected chi connectivity index (χ3v) is 4.37. The molecular weight excluding hydrogens is 461 g/mol. The minimum atomic E-state index is -1.12. The summed E-state index contributed by atoms with van der Waals surface area (Å²) in [7, 11) is 0. The topological polar surface area (TPSA) is 154 Å². The van der Waals surface area contributed by atoms with Gasteiger partial charge in [-0.3, -0.25) is 4.79 Å². The van der Waals surface area contributed by atoms with Gasteiger partial charge in [-0.15, -0.1) is 10.2 Å². The normalized spacial score (nSPS) is 12.1. The number of aliphatic carboxylic acids is 1. The Morgan fingerprint density at radius 3 is 2.63 bits per heavy atom. The van der Waals surface area contributed by atoms with Gasteiger partial charge in [0.2, 0.25) is 5.82 Å². The summed E-state index contributed by atoms with van der Waals surface area (Å²) < 4.78 is 25.2. The van der Waals surface area contributed by atoms with Gasteiger partial charge in [0.15, 0.2) is 11.6 Å². The number of tetrazole rings is 1. The van der Waals surface area contributed by atoms with Gasteiger partial charge in [0.05, 0.1) is 25.6 Å². The van der Waals surface area contributed by atoms with Gasteiger partial charge in [-0.1, -0.05) is 0 Å². The Morgan fingerprint density at radius 2 is 1.97 bits per heavy atom. The second-order valence-electron chi connectivity index (χ2n) is 8.52. The van der Waals surface area contributed by atoms with Gasteiger partial charge in [0, 0.05) is 24.4 Å². The van der Waals surface area contributed by atoms with E-state index in [0.29, 0.717) is 17.8 Å². The van der Waals surface area contributed by atoms with Crippen LogP contribution in [0.3, 0.4) is 0 Å². The average Bonchev–Trinajstić information content (AvgIpc) is 3.22. The zero-order valence-electron chi connectivity index (χ0n) is 19.5. The van der Waals surface area contributed by atoms with Crippen LogP contribution in [0.5, 0.6) is 5.75 Å². The number of carboxylic acid groups (broad SMARTS) is 1. The van der Waals surface area contributed by atoms with Gasteiger partial charge in [-0.05, 0) is 50.3 Å². The molecule has 3 aromatic rings. The van der Waals surface area contributed by atoms with Crippen molar-refractivity contribution in [1.82, 2.24) is 35.5 Å². The van der Waals surface area contributed by atoms with Crippen molar-refractivity contribution in [3.63, 3.8) is 0 Å². The van der Waals surface area contributed by atoms with Crippen LogP contribution in [0.1, 0.15) is 33.0 Å². The monoisotopic (exact) mass is 487 g/mol. The first-order valence-corrected chi connectivity index (χ1v) is 10.8. The number of hydrogen-bond acceptors (Lipinski definition) is 9. The quantitative estimate of drug-likeness (QED) is 0.435. The van der Waals surface area contributed by atoms with Crippen LogP contribution in [0.15, 0.2) is 36.7 Å². The van der Waals surface area contributed by atoms with Crippen LogP contribution in [0.2, 0.25) is 0 Å². The smallest absolute Gasteiger partial charge is 0.407 e. The van der Waals surface area contributed by atoms with Crippen molar-refractivity contribution in [3.8, 4) is 17.1 Å². The number of aromatic nitrogens is 6. The predicted octanol–water partition coefficient (Wildman–Crippen LogP) is 2.26. The Kier molecular flexibility index (Phi) is 8.23. The molecule has 0 aliphatic heterocycles. The molecule has 1 aromatic carbocycles. The van der Waals surface area contributed by atoms with E-state index in [1.165, 1.54) is 12.1 Å². The lowest BCUT2D eigenvalue weighted by Gasteiger charge is -2.22. The molecule has 186 valence electrons. The molecule has 0 aliphatic carbocycles. The van der Waals surface area contributed by atoms with E-state index >= 15 is 0 Å². The van der Waals surface area contributed by atoms with E-state index in [1.807, 2.05) is 0 Å². The van der Waals surface area contributed by atoms with E-state index in [1.54, 1.807) is 45.3 Å². The molecule has 0 aliphatic rings. The summed E-state index contributed by atoms with van der Waals surface area (Å²) in [6.45, 7) is 5.19. The van der Waals surface area contributed by atoms with Crippen molar-refractivity contribution in [2.75, 3.05) is 6.61 Å². The molecule has 0 radical (unpaired) electrons. The number of nitrogens with one attached hydrogen (secondary N) is 1. The van der Waals surface area contributed by atoms with Crippen molar-refractivity contribution in [2.45, 2.75) is 51.8 Å². The van der Waals surface area contributed by atoms with Crippen LogP contribution in [-0.2, 0) is 22.5 Å². The summed E-state index contributed by atoms with van der Waals surface area (Å²) in [5, 5.41) is 23.6. The number of benzene rings is 1. The molecule has 1 amide bonds. The molecule has 0 saturated heterocycles. The zero-order chi connectivity index (χ0) is 25.4. The third-order valence-electron chi connectivity index (χ3n) is 4.37. The first-order valence-electron chi connectivity index (χ1n) is 10.8. The lowest BCUT2D eigenvalue weighted by molar-refractivity contribution is -0.137. The maximum atomic E-state index is 14.5. The van der Waals surface area contributed by atoms with E-state index in [0.717, 1.165) is 4.80 Å². The minimum Gasteiger partial charge on any atom is -0.490 e. The lowest BCUT2D eigenvalue weighted by Crippen LogP contribution is -2.42. The number of nitrogens with zero attached hydrogens (tertiary/aromatic N) is 6. The Morgan fingerprint density at radius 1 is 1.23 bits per heavy atom. The first kappa shape index (κ1) is 25.5. The number of alkyl carbamates (subject to hydrolysis) is 1. The number of hydrogen-bond donors (Lipinski definition) is 2. The highest BCUT2D eigenvalue weighted by Crippen LogP contribution is 2.23. The van der Waals surface area contributed by atoms with Gasteiger partial charge < -0.3 is 19.9 Å². The molecule has 2 heterocycles. The molecular formula is C22H26FN7O5. The number of carbonyl (C=O) groups is 2. The summed E-state index contributed by atoms with van der Waals surface area (Å²) >= 11 is 0. The van der Waals surface area contributed by atoms with Crippen molar-refractivity contribution in [3.05, 3.63) is 48.3 Å². The van der Waals surface area contributed by atoms with E-state index in [2.05, 4.69) is 30.7 Å². The molecule has 0 fully saturated rings. The molecule has 3 rings (SSSR count). The summed E-state index contributed by atoms with van der Waals surface area (Å²) in [6.07, 6.45) is 2.52. The molecule has 0 spiro atoms. The fraction of sp³-hybridized carbons (Fsp3) is 0.409. The Hall–Kier alpha value is -4.16. The Balaban J connectivity index is 1.62. The number of ether oxygens (including phenoxy) is 2. The summed E-state index contributed by atoms with van der Waals surface area (Å²) in [5.74, 6) is -0.960. The van der Waals surface area contributed by atoms with Gasteiger partial charge in [-0.2, -0.15) is 4.80 Å². The average molecular weight is 487 g/mol. The predicted molar refractivity (Wildman–Crippen MR) is 120 cm³/mol. The van der Waals surface area contributed by atoms with Crippen LogP contribution in [-0.4, -0.2) is 65.6 Å². The molecule has 0 bridgehead atoms. The highest BCUT2D eigenvalue weighted by Gasteiger charge is 2.23. The molecule has 35 heavy (non-hydrogen) atoms. The van der Waals surface area contributed by atoms with Gasteiger partial charge in [0.25, 0.3) is 0 Å². The van der Waals surface area contributed by atoms with Gasteiger partial charge >= 0.3 is 12.1 Å². The number of carboxylic acids is 1. The van der Waals surface area contributed by atoms with E-state index in [9.17, 15) is 14.0 Å². The lowest BCUT2D eigenvalue weighted by atomic mass is 10.2. The highest BCUT2D eigenvalue weighted by atomic mass is 19.1. The molecule has 12 nitrogen and oxygen atoms in total. The van der Waals surface area contributed by atoms with Crippen LogP contribution in [0.4, 0.5) is 9.18 Å². The second kappa shape index (κ2) is 11.3. The fourth-order valence-electron chi connectivity index (χ4n) is 2.95. The number of amides is 1. The summed E-state index contributed by atoms with van der Waals surface area (Å²) in [5.41, 5.74) is -0.395. The van der Waals surface area contributed by atoms with Crippen LogP contribution in [0.25, 0.3) is 11.4 Å². The number of rotatable bonds is 10. The number of halogens is 1. The number of carbonyl (C=O) groups excluding carboxylic acids is 1. The SMILES string of the molecule is CC(C)(C)OC(=O)NC(CC(=O)O)Cn1nnc(-c2ccc(OCCc3ncccn3)c(F)c2)n1. The van der Waals surface area contributed by atoms with E-state index in [4.69, 9.17) is 14.6 Å². The molecule has 0 saturated carbocycles. The molecule has 1 unspecified atom stereocenters. The fourth-order valence-corrected chi connectivity index (χ4v) is 2.95. The van der Waals surface area contributed by atoms with Gasteiger partial charge in [-0.25, -0.2) is 19.2 Å². The van der Waals surface area contributed by atoms with Gasteiger partial charge in [0.1, 0.15) is 11.4 Å². The maximum Gasteiger partial charge on any atom is 0.407 e. The van der Waals surface area contributed by atoms with Crippen LogP contribution < -0.4 is 10.1 Å². The largest absolute Gasteiger partial charge is 0.490 e. The second-order valence-corrected chi connectivity index (χ2v) is 8.52. The summed E-state index contributed by atoms with van der Waals surface area (Å²) in [6, 6.07) is 5.09. The minimum absolute atomic E-state index is 0.0557. The van der Waals surface area contributed by atoms with Crippen molar-refractivity contribution < 1.29 is 28.6 Å². The van der Waals surface area contributed by atoms with Crippen molar-refractivity contribution >= 4 is 12.1 Å². The molecule has 2 N–H and O–H groups in total. The molecule has 1 atom stereocenters. The molecule has 2 aromatic heterocycles. The molecule has 13 heteroatoms. The Bertz CT molecular complexity index is 1150. The highest BCUT2D eigenvalue weighted by molar-refractivity contribution is 5.71. The van der Waals surface area contributed by atoms with E-state index < -0.39 is 29.5 Å². The first-order chi connectivity index (χ1) is 16.6. The standard InChI is InChI=1S/C22H26FN7O5/c1-22(2,3)35-21(33)26-15(12-19(31)32)13-30-28-20(27-29-30)14-5-6-17(16(23)11-14)34-10-7-18-24-8-4-9-25-18/h4-6,8-9,11,15H,7,10,12-13H2,1-3H3,(H,26,33)(H,31,32). The van der Waals surface area contributed by atoms with Crippen molar-refractivity contribution in [2.24, 2.45) is 0 Å². The maximum absolute atomic E-state index is 14.5. The zero-order valence-corrected chi connectivity index (χ0v) is 19.5. The van der Waals surface area contributed by atoms with Crippen LogP contribution >= 0.6 is 0 Å². The third kappa shape index (κ3) is 8.28.